The Kier molecular flexibility index (Phi) is 2.28. The zero-order valence-corrected chi connectivity index (χ0v) is 7.52. The molecule has 2 N–H and O–H groups in total. The van der Waals surface area contributed by atoms with Gasteiger partial charge in [-0.2, -0.15) is 5.10 Å². The Morgan fingerprint density at radius 2 is 2.21 bits per heavy atom. The number of benzene rings is 1. The molecular formula is C10H10FN3. The van der Waals surface area contributed by atoms with Crippen LogP contribution in [0.3, 0.4) is 0 Å². The smallest absolute Gasteiger partial charge is 0.125 e. The highest BCUT2D eigenvalue weighted by atomic mass is 19.1. The van der Waals surface area contributed by atoms with E-state index in [1.54, 1.807) is 23.0 Å². The third-order valence-electron chi connectivity index (χ3n) is 1.98. The van der Waals surface area contributed by atoms with Crippen LogP contribution in [0.2, 0.25) is 0 Å². The minimum Gasteiger partial charge on any atom is -0.325 e. The minimum absolute atomic E-state index is 0.277. The second kappa shape index (κ2) is 3.59. The summed E-state index contributed by atoms with van der Waals surface area (Å²) in [7, 11) is 0. The fourth-order valence-electron chi connectivity index (χ4n) is 1.33. The van der Waals surface area contributed by atoms with Gasteiger partial charge in [0.1, 0.15) is 5.82 Å². The van der Waals surface area contributed by atoms with Crippen molar-refractivity contribution in [2.75, 3.05) is 0 Å². The van der Waals surface area contributed by atoms with Crippen molar-refractivity contribution in [3.8, 4) is 5.69 Å². The maximum Gasteiger partial charge on any atom is 0.125 e. The van der Waals surface area contributed by atoms with Crippen LogP contribution in [0.25, 0.3) is 5.69 Å². The molecule has 4 heteroatoms. The fourth-order valence-corrected chi connectivity index (χ4v) is 1.33. The number of rotatable bonds is 2. The highest BCUT2D eigenvalue weighted by Crippen LogP contribution is 2.11. The molecule has 0 aliphatic carbocycles. The molecule has 2 aromatic rings. The molecule has 3 nitrogen and oxygen atoms in total. The van der Waals surface area contributed by atoms with E-state index in [-0.39, 0.29) is 5.82 Å². The lowest BCUT2D eigenvalue weighted by molar-refractivity contribution is 0.624. The van der Waals surface area contributed by atoms with E-state index >= 15 is 0 Å². The molecule has 0 radical (unpaired) electrons. The number of nitrogens with two attached hydrogens (primary N) is 1. The van der Waals surface area contributed by atoms with Crippen LogP contribution in [0.1, 0.15) is 5.69 Å². The molecule has 0 saturated carbocycles. The van der Waals surface area contributed by atoms with Crippen molar-refractivity contribution in [3.05, 3.63) is 48.0 Å². The number of hydrogen-bond acceptors (Lipinski definition) is 2. The van der Waals surface area contributed by atoms with Gasteiger partial charge in [-0.05, 0) is 24.3 Å². The first-order chi connectivity index (χ1) is 6.81. The molecule has 0 aliphatic heterocycles. The van der Waals surface area contributed by atoms with Gasteiger partial charge >= 0.3 is 0 Å². The maximum absolute atomic E-state index is 12.9. The van der Waals surface area contributed by atoms with Crippen molar-refractivity contribution in [1.29, 1.82) is 0 Å². The number of hydrogen-bond donors (Lipinski definition) is 1. The summed E-state index contributed by atoms with van der Waals surface area (Å²) in [5.74, 6) is -0.277. The molecule has 14 heavy (non-hydrogen) atoms. The van der Waals surface area contributed by atoms with Gasteiger partial charge in [-0.3, -0.25) is 0 Å². The Bertz CT molecular complexity index is 436. The zero-order chi connectivity index (χ0) is 9.97. The van der Waals surface area contributed by atoms with Crippen molar-refractivity contribution in [2.45, 2.75) is 6.54 Å². The van der Waals surface area contributed by atoms with Gasteiger partial charge in [0.2, 0.25) is 0 Å². The van der Waals surface area contributed by atoms with Crippen molar-refractivity contribution in [3.63, 3.8) is 0 Å². The quantitative estimate of drug-likeness (QED) is 0.781. The molecule has 0 unspecified atom stereocenters. The molecule has 0 amide bonds. The predicted molar refractivity (Wildman–Crippen MR) is 51.4 cm³/mol. The van der Waals surface area contributed by atoms with Crippen molar-refractivity contribution in [1.82, 2.24) is 9.78 Å². The van der Waals surface area contributed by atoms with Crippen LogP contribution >= 0.6 is 0 Å². The molecule has 0 bridgehead atoms. The van der Waals surface area contributed by atoms with Crippen molar-refractivity contribution >= 4 is 0 Å². The number of nitrogens with zero attached hydrogens (tertiary/aromatic N) is 2. The van der Waals surface area contributed by atoms with Gasteiger partial charge in [0.05, 0.1) is 11.4 Å². The monoisotopic (exact) mass is 191 g/mol. The molecule has 72 valence electrons. The highest BCUT2D eigenvalue weighted by molar-refractivity contribution is 5.32. The van der Waals surface area contributed by atoms with Crippen LogP contribution in [0.4, 0.5) is 4.39 Å². The predicted octanol–water partition coefficient (Wildman–Crippen LogP) is 1.47. The second-order valence-electron chi connectivity index (χ2n) is 2.92. The maximum atomic E-state index is 12.9. The van der Waals surface area contributed by atoms with Crippen molar-refractivity contribution in [2.24, 2.45) is 5.73 Å². The van der Waals surface area contributed by atoms with E-state index in [0.717, 1.165) is 5.69 Å². The van der Waals surface area contributed by atoms with E-state index < -0.39 is 0 Å². The van der Waals surface area contributed by atoms with Crippen LogP contribution in [0.15, 0.2) is 36.5 Å². The first-order valence-electron chi connectivity index (χ1n) is 4.30. The molecule has 0 atom stereocenters. The Balaban J connectivity index is 2.49. The van der Waals surface area contributed by atoms with Crippen LogP contribution in [-0.4, -0.2) is 9.78 Å². The van der Waals surface area contributed by atoms with Gasteiger partial charge < -0.3 is 5.73 Å². The van der Waals surface area contributed by atoms with Gasteiger partial charge in [0.25, 0.3) is 0 Å². The molecule has 0 saturated heterocycles. The highest BCUT2D eigenvalue weighted by Gasteiger charge is 2.03. The summed E-state index contributed by atoms with van der Waals surface area (Å²) in [6.45, 7) is 0.385. The van der Waals surface area contributed by atoms with Crippen LogP contribution in [-0.2, 0) is 6.54 Å². The summed E-state index contributed by atoms with van der Waals surface area (Å²) in [5.41, 5.74) is 7.06. The molecule has 0 aliphatic rings. The standard InChI is InChI=1S/C10H10FN3/c11-8-2-1-3-9(6-8)14-10(7-12)4-5-13-14/h1-6H,7,12H2. The van der Waals surface area contributed by atoms with Gasteiger partial charge in [0, 0.05) is 12.7 Å². The molecular weight excluding hydrogens is 181 g/mol. The van der Waals surface area contributed by atoms with Crippen molar-refractivity contribution < 1.29 is 4.39 Å². The third-order valence-corrected chi connectivity index (χ3v) is 1.98. The third kappa shape index (κ3) is 1.52. The Morgan fingerprint density at radius 1 is 1.36 bits per heavy atom. The SMILES string of the molecule is NCc1ccnn1-c1cccc(F)c1. The van der Waals surface area contributed by atoms with E-state index in [1.165, 1.54) is 12.1 Å². The van der Waals surface area contributed by atoms with Crippen LogP contribution in [0.5, 0.6) is 0 Å². The summed E-state index contributed by atoms with van der Waals surface area (Å²) >= 11 is 0. The number of aromatic nitrogens is 2. The summed E-state index contributed by atoms with van der Waals surface area (Å²) in [6.07, 6.45) is 1.65. The summed E-state index contributed by atoms with van der Waals surface area (Å²) in [6, 6.07) is 8.06. The lowest BCUT2D eigenvalue weighted by Gasteiger charge is -2.05. The minimum atomic E-state index is -0.277. The van der Waals surface area contributed by atoms with E-state index in [0.29, 0.717) is 12.2 Å². The summed E-state index contributed by atoms with van der Waals surface area (Å²) in [5, 5.41) is 4.07. The number of halogens is 1. The average molecular weight is 191 g/mol. The average Bonchev–Trinajstić information content (AvgIpc) is 2.65. The Labute approximate surface area is 81.0 Å². The normalized spacial score (nSPS) is 10.4. The van der Waals surface area contributed by atoms with Gasteiger partial charge in [-0.1, -0.05) is 6.07 Å². The molecule has 1 aromatic heterocycles. The molecule has 1 heterocycles. The molecule has 2 rings (SSSR count). The van der Waals surface area contributed by atoms with E-state index in [1.807, 2.05) is 6.07 Å². The largest absolute Gasteiger partial charge is 0.325 e. The topological polar surface area (TPSA) is 43.8 Å². The fraction of sp³-hybridized carbons (Fsp3) is 0.100. The molecule has 0 fully saturated rings. The van der Waals surface area contributed by atoms with Crippen LogP contribution < -0.4 is 5.73 Å². The first-order valence-corrected chi connectivity index (χ1v) is 4.30. The Morgan fingerprint density at radius 3 is 2.93 bits per heavy atom. The molecule has 1 aromatic carbocycles. The second-order valence-corrected chi connectivity index (χ2v) is 2.92. The zero-order valence-electron chi connectivity index (χ0n) is 7.52. The lowest BCUT2D eigenvalue weighted by Crippen LogP contribution is -2.06. The molecule has 0 spiro atoms. The van der Waals surface area contributed by atoms with Gasteiger partial charge in [-0.25, -0.2) is 9.07 Å². The van der Waals surface area contributed by atoms with E-state index in [4.69, 9.17) is 5.73 Å². The van der Waals surface area contributed by atoms with Gasteiger partial charge in [-0.15, -0.1) is 0 Å². The van der Waals surface area contributed by atoms with Gasteiger partial charge in [0.15, 0.2) is 0 Å². The Hall–Kier alpha value is -1.68. The summed E-state index contributed by atoms with van der Waals surface area (Å²) < 4.78 is 14.6. The van der Waals surface area contributed by atoms with Crippen LogP contribution in [0, 0.1) is 5.82 Å². The van der Waals surface area contributed by atoms with E-state index in [2.05, 4.69) is 5.10 Å². The van der Waals surface area contributed by atoms with E-state index in [9.17, 15) is 4.39 Å². The first kappa shape index (κ1) is 8.90. The lowest BCUT2D eigenvalue weighted by atomic mass is 10.3. The summed E-state index contributed by atoms with van der Waals surface area (Å²) in [4.78, 5) is 0.